The van der Waals surface area contributed by atoms with E-state index >= 15 is 0 Å². The van der Waals surface area contributed by atoms with Crippen molar-refractivity contribution >= 4 is 21.8 Å². The van der Waals surface area contributed by atoms with Gasteiger partial charge in [0.2, 0.25) is 0 Å². The molecule has 178 valence electrons. The third-order valence-corrected chi connectivity index (χ3v) is 7.04. The van der Waals surface area contributed by atoms with Crippen LogP contribution in [-0.2, 0) is 19.4 Å². The molecule has 0 radical (unpaired) electrons. The van der Waals surface area contributed by atoms with Crippen molar-refractivity contribution in [1.29, 1.82) is 0 Å². The fourth-order valence-corrected chi connectivity index (χ4v) is 5.36. The molecule has 3 heteroatoms. The lowest BCUT2D eigenvalue weighted by molar-refractivity contribution is 0.221. The van der Waals surface area contributed by atoms with Crippen molar-refractivity contribution in [2.45, 2.75) is 38.3 Å². The lowest BCUT2D eigenvalue weighted by atomic mass is 9.94. The van der Waals surface area contributed by atoms with E-state index in [1.54, 1.807) is 0 Å². The van der Waals surface area contributed by atoms with Gasteiger partial charge in [-0.1, -0.05) is 72.5 Å². The summed E-state index contributed by atoms with van der Waals surface area (Å²) in [6, 6.07) is 31.5. The Balaban J connectivity index is 1.27. The van der Waals surface area contributed by atoms with Crippen LogP contribution in [0.3, 0.4) is 0 Å². The van der Waals surface area contributed by atoms with Crippen molar-refractivity contribution in [3.8, 4) is 17.6 Å². The van der Waals surface area contributed by atoms with Gasteiger partial charge in [0.25, 0.3) is 0 Å². The minimum atomic E-state index is -0.880. The Bertz CT molecular complexity index is 1530. The Morgan fingerprint density at radius 2 is 1.56 bits per heavy atom. The zero-order valence-electron chi connectivity index (χ0n) is 20.3. The fraction of sp³-hybridized carbons (Fsp3) is 0.212. The highest BCUT2D eigenvalue weighted by Crippen LogP contribution is 2.35. The van der Waals surface area contributed by atoms with Crippen LogP contribution in [0.15, 0.2) is 91.0 Å². The molecule has 0 spiro atoms. The molecule has 0 fully saturated rings. The second kappa shape index (κ2) is 9.93. The molecule has 0 saturated carbocycles. The predicted molar refractivity (Wildman–Crippen MR) is 146 cm³/mol. The van der Waals surface area contributed by atoms with Crippen LogP contribution in [-0.4, -0.2) is 16.3 Å². The summed E-state index contributed by atoms with van der Waals surface area (Å²) in [7, 11) is 0. The third-order valence-electron chi connectivity index (χ3n) is 7.04. The summed E-state index contributed by atoms with van der Waals surface area (Å²) in [5, 5.41) is 13.6. The summed E-state index contributed by atoms with van der Waals surface area (Å²) >= 11 is 0. The first-order valence-electron chi connectivity index (χ1n) is 12.8. The molecule has 36 heavy (non-hydrogen) atoms. The topological polar surface area (TPSA) is 34.4 Å². The molecule has 1 unspecified atom stereocenters. The number of ether oxygens (including phenoxy) is 1. The van der Waals surface area contributed by atoms with Gasteiger partial charge in [-0.2, -0.15) is 0 Å². The van der Waals surface area contributed by atoms with Crippen molar-refractivity contribution in [2.24, 2.45) is 0 Å². The van der Waals surface area contributed by atoms with Crippen LogP contribution in [0.2, 0.25) is 0 Å². The maximum absolute atomic E-state index is 11.0. The van der Waals surface area contributed by atoms with Crippen molar-refractivity contribution in [3.63, 3.8) is 0 Å². The van der Waals surface area contributed by atoms with Gasteiger partial charge in [0.05, 0.1) is 6.61 Å². The maximum atomic E-state index is 11.0. The highest BCUT2D eigenvalue weighted by molar-refractivity contribution is 6.07. The van der Waals surface area contributed by atoms with E-state index in [0.717, 1.165) is 49.1 Å². The molecule has 0 aliphatic carbocycles. The maximum Gasteiger partial charge on any atom is 0.144 e. The number of aryl methyl sites for hydroxylation is 3. The monoisotopic (exact) mass is 471 g/mol. The van der Waals surface area contributed by atoms with Gasteiger partial charge in [-0.15, -0.1) is 0 Å². The molecule has 1 atom stereocenters. The zero-order valence-corrected chi connectivity index (χ0v) is 20.3. The lowest BCUT2D eigenvalue weighted by Crippen LogP contribution is -2.13. The Morgan fingerprint density at radius 3 is 2.31 bits per heavy atom. The van der Waals surface area contributed by atoms with Crippen LogP contribution in [0.5, 0.6) is 5.75 Å². The molecule has 1 aliphatic heterocycles. The molecule has 4 aromatic carbocycles. The van der Waals surface area contributed by atoms with Gasteiger partial charge in [0.1, 0.15) is 11.9 Å². The summed E-state index contributed by atoms with van der Waals surface area (Å²) in [5.41, 5.74) is 6.67. The molecule has 3 nitrogen and oxygen atoms in total. The molecule has 0 amide bonds. The van der Waals surface area contributed by atoms with E-state index < -0.39 is 6.10 Å². The second-order valence-corrected chi connectivity index (χ2v) is 9.45. The summed E-state index contributed by atoms with van der Waals surface area (Å²) in [6.07, 6.45) is 3.03. The first kappa shape index (κ1) is 22.5. The number of benzene rings is 4. The van der Waals surface area contributed by atoms with E-state index in [0.29, 0.717) is 6.61 Å². The molecule has 1 N–H and O–H groups in total. The number of fused-ring (bicyclic) bond motifs is 4. The number of hydrogen-bond donors (Lipinski definition) is 1. The van der Waals surface area contributed by atoms with E-state index in [4.69, 9.17) is 4.74 Å². The van der Waals surface area contributed by atoms with Crippen molar-refractivity contribution in [2.75, 3.05) is 6.61 Å². The number of nitrogens with zero attached hydrogens (tertiary/aromatic N) is 1. The van der Waals surface area contributed by atoms with Crippen LogP contribution >= 0.6 is 0 Å². The number of rotatable bonds is 5. The minimum absolute atomic E-state index is 0.686. The summed E-state index contributed by atoms with van der Waals surface area (Å²) in [6.45, 7) is 1.62. The van der Waals surface area contributed by atoms with Gasteiger partial charge >= 0.3 is 0 Å². The van der Waals surface area contributed by atoms with Gasteiger partial charge in [0.15, 0.2) is 0 Å². The predicted octanol–water partition coefficient (Wildman–Crippen LogP) is 6.84. The first-order chi connectivity index (χ1) is 17.8. The SMILES string of the molecule is OC(C#Cc1ccccc1)c1cc(CCCn2c3ccccc3c3ccccc32)cc2c1OCCC2. The van der Waals surface area contributed by atoms with Gasteiger partial charge < -0.3 is 14.4 Å². The number of aromatic nitrogens is 1. The number of aliphatic hydroxyl groups excluding tert-OH is 1. The number of para-hydroxylation sites is 2. The van der Waals surface area contributed by atoms with Crippen LogP contribution in [0, 0.1) is 11.8 Å². The quantitative estimate of drug-likeness (QED) is 0.285. The zero-order chi connectivity index (χ0) is 24.3. The summed E-state index contributed by atoms with van der Waals surface area (Å²) < 4.78 is 8.45. The number of hydrogen-bond acceptors (Lipinski definition) is 2. The molecular formula is C33H29NO2. The molecular weight excluding hydrogens is 442 g/mol. The van der Waals surface area contributed by atoms with Crippen LogP contribution in [0.1, 0.15) is 41.2 Å². The molecule has 0 saturated heterocycles. The molecule has 6 rings (SSSR count). The van der Waals surface area contributed by atoms with Gasteiger partial charge in [0, 0.05) is 39.5 Å². The molecule has 2 heterocycles. The highest BCUT2D eigenvalue weighted by atomic mass is 16.5. The van der Waals surface area contributed by atoms with Crippen LogP contribution < -0.4 is 4.74 Å². The van der Waals surface area contributed by atoms with Crippen molar-refractivity contribution < 1.29 is 9.84 Å². The van der Waals surface area contributed by atoms with Crippen molar-refractivity contribution in [3.05, 3.63) is 113 Å². The first-order valence-corrected chi connectivity index (χ1v) is 12.8. The van der Waals surface area contributed by atoms with E-state index in [1.807, 2.05) is 30.3 Å². The van der Waals surface area contributed by atoms with E-state index in [1.165, 1.54) is 32.9 Å². The summed E-state index contributed by atoms with van der Waals surface area (Å²) in [4.78, 5) is 0. The third kappa shape index (κ3) is 4.37. The highest BCUT2D eigenvalue weighted by Gasteiger charge is 2.20. The van der Waals surface area contributed by atoms with Crippen LogP contribution in [0.25, 0.3) is 21.8 Å². The van der Waals surface area contributed by atoms with Gasteiger partial charge in [-0.25, -0.2) is 0 Å². The van der Waals surface area contributed by atoms with Gasteiger partial charge in [-0.3, -0.25) is 0 Å². The summed E-state index contributed by atoms with van der Waals surface area (Å²) in [5.74, 6) is 6.96. The standard InChI is InChI=1S/C33H29NO2/c35-32(19-18-24-10-2-1-3-11-24)29-23-25(22-26-13-9-21-36-33(26)29)12-8-20-34-30-16-6-4-14-27(30)28-15-5-7-17-31(28)34/h1-7,10-11,14-17,22-23,32,35H,8-9,12-13,20-21H2. The largest absolute Gasteiger partial charge is 0.493 e. The smallest absolute Gasteiger partial charge is 0.144 e. The Hall–Kier alpha value is -4.00. The number of aliphatic hydroxyl groups is 1. The Morgan fingerprint density at radius 1 is 0.861 bits per heavy atom. The Kier molecular flexibility index (Phi) is 6.20. The Labute approximate surface area is 212 Å². The van der Waals surface area contributed by atoms with Gasteiger partial charge in [-0.05, 0) is 67.1 Å². The molecule has 5 aromatic rings. The minimum Gasteiger partial charge on any atom is -0.493 e. The van der Waals surface area contributed by atoms with Crippen LogP contribution in [0.4, 0.5) is 0 Å². The van der Waals surface area contributed by atoms with E-state index in [9.17, 15) is 5.11 Å². The normalized spacial score (nSPS) is 13.6. The average molecular weight is 472 g/mol. The second-order valence-electron chi connectivity index (χ2n) is 9.45. The van der Waals surface area contributed by atoms with E-state index in [-0.39, 0.29) is 0 Å². The average Bonchev–Trinajstić information content (AvgIpc) is 3.25. The fourth-order valence-electron chi connectivity index (χ4n) is 5.36. The lowest BCUT2D eigenvalue weighted by Gasteiger charge is -2.23. The molecule has 0 bridgehead atoms. The molecule has 1 aromatic heterocycles. The molecule has 1 aliphatic rings. The van der Waals surface area contributed by atoms with E-state index in [2.05, 4.69) is 77.1 Å². The van der Waals surface area contributed by atoms with Crippen molar-refractivity contribution in [1.82, 2.24) is 4.57 Å².